The summed E-state index contributed by atoms with van der Waals surface area (Å²) in [5.74, 6) is 0.196. The third kappa shape index (κ3) is 1.85. The van der Waals surface area contributed by atoms with Crippen LogP contribution in [0.3, 0.4) is 0 Å². The summed E-state index contributed by atoms with van der Waals surface area (Å²) in [6, 6.07) is 0.0174. The number of amides is 1. The van der Waals surface area contributed by atoms with Crippen LogP contribution in [0.15, 0.2) is 0 Å². The normalized spacial score (nSPS) is 26.0. The van der Waals surface area contributed by atoms with Gasteiger partial charge in [-0.25, -0.2) is 0 Å². The van der Waals surface area contributed by atoms with Crippen molar-refractivity contribution < 1.29 is 4.79 Å². The van der Waals surface area contributed by atoms with Crippen LogP contribution < -0.4 is 5.32 Å². The van der Waals surface area contributed by atoms with Crippen LogP contribution in [0.2, 0.25) is 0 Å². The SMILES string of the molecule is CC1NCCN(C)C1=O.Cl. The summed E-state index contributed by atoms with van der Waals surface area (Å²) >= 11 is 0. The highest BCUT2D eigenvalue weighted by Gasteiger charge is 2.20. The van der Waals surface area contributed by atoms with Crippen molar-refractivity contribution in [1.82, 2.24) is 10.2 Å². The standard InChI is InChI=1S/C6H12N2O.ClH/c1-5-6(9)8(2)4-3-7-5;/h5,7H,3-4H2,1-2H3;1H. The molecule has 0 aromatic rings. The Morgan fingerprint density at radius 3 is 2.70 bits per heavy atom. The summed E-state index contributed by atoms with van der Waals surface area (Å²) in [5, 5.41) is 3.07. The van der Waals surface area contributed by atoms with E-state index in [1.54, 1.807) is 4.90 Å². The van der Waals surface area contributed by atoms with Crippen molar-refractivity contribution in [3.05, 3.63) is 0 Å². The maximum Gasteiger partial charge on any atom is 0.239 e. The number of piperazine rings is 1. The molecule has 1 aliphatic rings. The van der Waals surface area contributed by atoms with Crippen LogP contribution in [-0.2, 0) is 4.79 Å². The number of rotatable bonds is 0. The second kappa shape index (κ2) is 3.78. The number of hydrogen-bond acceptors (Lipinski definition) is 2. The van der Waals surface area contributed by atoms with Gasteiger partial charge in [-0.05, 0) is 6.92 Å². The Morgan fingerprint density at radius 2 is 2.30 bits per heavy atom. The van der Waals surface area contributed by atoms with Gasteiger partial charge in [-0.15, -0.1) is 12.4 Å². The first-order chi connectivity index (χ1) is 4.22. The molecule has 1 rings (SSSR count). The molecule has 0 aromatic carbocycles. The lowest BCUT2D eigenvalue weighted by Crippen LogP contribution is -2.51. The summed E-state index contributed by atoms with van der Waals surface area (Å²) in [6.07, 6.45) is 0. The smallest absolute Gasteiger partial charge is 0.239 e. The molecule has 10 heavy (non-hydrogen) atoms. The predicted octanol–water partition coefficient (Wildman–Crippen LogP) is -0.142. The van der Waals surface area contributed by atoms with Crippen LogP contribution in [0, 0.1) is 0 Å². The van der Waals surface area contributed by atoms with Gasteiger partial charge in [0.1, 0.15) is 0 Å². The number of likely N-dealkylation sites (N-methyl/N-ethyl adjacent to an activating group) is 1. The van der Waals surface area contributed by atoms with Gasteiger partial charge < -0.3 is 10.2 Å². The molecular formula is C6H13ClN2O. The summed E-state index contributed by atoms with van der Waals surface area (Å²) in [7, 11) is 1.83. The number of carbonyl (C=O) groups excluding carboxylic acids is 1. The van der Waals surface area contributed by atoms with Gasteiger partial charge in [0.25, 0.3) is 0 Å². The number of nitrogens with one attached hydrogen (secondary N) is 1. The number of hydrogen-bond donors (Lipinski definition) is 1. The first-order valence-corrected chi connectivity index (χ1v) is 3.20. The average Bonchev–Trinajstić information content (AvgIpc) is 1.83. The van der Waals surface area contributed by atoms with Crippen molar-refractivity contribution in [2.45, 2.75) is 13.0 Å². The molecular weight excluding hydrogens is 152 g/mol. The molecule has 0 aromatic heterocycles. The molecule has 1 N–H and O–H groups in total. The van der Waals surface area contributed by atoms with Gasteiger partial charge in [-0.1, -0.05) is 0 Å². The Morgan fingerprint density at radius 1 is 1.70 bits per heavy atom. The van der Waals surface area contributed by atoms with E-state index in [2.05, 4.69) is 5.32 Å². The second-order valence-corrected chi connectivity index (χ2v) is 2.44. The van der Waals surface area contributed by atoms with Crippen molar-refractivity contribution in [1.29, 1.82) is 0 Å². The summed E-state index contributed by atoms with van der Waals surface area (Å²) in [4.78, 5) is 12.7. The first kappa shape index (κ1) is 9.72. The molecule has 1 saturated heterocycles. The van der Waals surface area contributed by atoms with Gasteiger partial charge in [0.2, 0.25) is 5.91 Å². The molecule has 0 radical (unpaired) electrons. The second-order valence-electron chi connectivity index (χ2n) is 2.44. The first-order valence-electron chi connectivity index (χ1n) is 3.20. The molecule has 1 fully saturated rings. The molecule has 0 bridgehead atoms. The van der Waals surface area contributed by atoms with Gasteiger partial charge in [0.05, 0.1) is 6.04 Å². The third-order valence-corrected chi connectivity index (χ3v) is 1.64. The van der Waals surface area contributed by atoms with Gasteiger partial charge in [-0.2, -0.15) is 0 Å². The summed E-state index contributed by atoms with van der Waals surface area (Å²) < 4.78 is 0. The molecule has 1 atom stereocenters. The molecule has 0 saturated carbocycles. The molecule has 0 aliphatic carbocycles. The van der Waals surface area contributed by atoms with Crippen LogP contribution in [0.4, 0.5) is 0 Å². The van der Waals surface area contributed by atoms with Crippen molar-refractivity contribution >= 4 is 18.3 Å². The van der Waals surface area contributed by atoms with Crippen LogP contribution in [0.1, 0.15) is 6.92 Å². The number of carbonyl (C=O) groups is 1. The average molecular weight is 165 g/mol. The van der Waals surface area contributed by atoms with E-state index in [0.717, 1.165) is 13.1 Å². The largest absolute Gasteiger partial charge is 0.343 e. The fourth-order valence-electron chi connectivity index (χ4n) is 0.977. The minimum absolute atomic E-state index is 0. The van der Waals surface area contributed by atoms with Gasteiger partial charge in [0.15, 0.2) is 0 Å². The Labute approximate surface area is 67.2 Å². The monoisotopic (exact) mass is 164 g/mol. The molecule has 0 spiro atoms. The molecule has 1 heterocycles. The fourth-order valence-corrected chi connectivity index (χ4v) is 0.977. The van der Waals surface area contributed by atoms with E-state index in [1.807, 2.05) is 14.0 Å². The number of nitrogens with zero attached hydrogens (tertiary/aromatic N) is 1. The van der Waals surface area contributed by atoms with E-state index < -0.39 is 0 Å². The third-order valence-electron chi connectivity index (χ3n) is 1.64. The lowest BCUT2D eigenvalue weighted by atomic mass is 10.2. The van der Waals surface area contributed by atoms with E-state index in [-0.39, 0.29) is 24.4 Å². The zero-order valence-corrected chi connectivity index (χ0v) is 7.07. The van der Waals surface area contributed by atoms with Crippen LogP contribution in [0.25, 0.3) is 0 Å². The summed E-state index contributed by atoms with van der Waals surface area (Å²) in [6.45, 7) is 3.64. The van der Waals surface area contributed by atoms with E-state index in [4.69, 9.17) is 0 Å². The van der Waals surface area contributed by atoms with Crippen LogP contribution >= 0.6 is 12.4 Å². The Hall–Kier alpha value is -0.280. The predicted molar refractivity (Wildman–Crippen MR) is 42.3 cm³/mol. The van der Waals surface area contributed by atoms with E-state index in [1.165, 1.54) is 0 Å². The number of halogens is 1. The molecule has 60 valence electrons. The highest BCUT2D eigenvalue weighted by Crippen LogP contribution is 1.95. The quantitative estimate of drug-likeness (QED) is 0.541. The summed E-state index contributed by atoms with van der Waals surface area (Å²) in [5.41, 5.74) is 0. The topological polar surface area (TPSA) is 32.3 Å². The molecule has 3 nitrogen and oxygen atoms in total. The Bertz CT molecular complexity index is 117. The Kier molecular flexibility index (Phi) is 3.68. The van der Waals surface area contributed by atoms with Gasteiger partial charge >= 0.3 is 0 Å². The lowest BCUT2D eigenvalue weighted by Gasteiger charge is -2.27. The molecule has 1 aliphatic heterocycles. The van der Waals surface area contributed by atoms with Gasteiger partial charge in [-0.3, -0.25) is 4.79 Å². The zero-order valence-electron chi connectivity index (χ0n) is 6.26. The van der Waals surface area contributed by atoms with Crippen molar-refractivity contribution in [3.63, 3.8) is 0 Å². The minimum atomic E-state index is 0. The van der Waals surface area contributed by atoms with Crippen LogP contribution in [0.5, 0.6) is 0 Å². The minimum Gasteiger partial charge on any atom is -0.343 e. The highest BCUT2D eigenvalue weighted by molar-refractivity contribution is 5.85. The zero-order chi connectivity index (χ0) is 6.85. The van der Waals surface area contributed by atoms with Crippen molar-refractivity contribution in [3.8, 4) is 0 Å². The van der Waals surface area contributed by atoms with Crippen LogP contribution in [-0.4, -0.2) is 37.0 Å². The van der Waals surface area contributed by atoms with Crippen molar-refractivity contribution in [2.24, 2.45) is 0 Å². The van der Waals surface area contributed by atoms with E-state index >= 15 is 0 Å². The highest BCUT2D eigenvalue weighted by atomic mass is 35.5. The molecule has 1 amide bonds. The van der Waals surface area contributed by atoms with Gasteiger partial charge in [0, 0.05) is 20.1 Å². The molecule has 4 heteroatoms. The lowest BCUT2D eigenvalue weighted by molar-refractivity contribution is -0.133. The fraction of sp³-hybridized carbons (Fsp3) is 0.833. The maximum absolute atomic E-state index is 11.0. The van der Waals surface area contributed by atoms with E-state index in [0.29, 0.717) is 0 Å². The van der Waals surface area contributed by atoms with Crippen molar-refractivity contribution in [2.75, 3.05) is 20.1 Å². The molecule has 1 unspecified atom stereocenters. The Balaban J connectivity index is 0.000000810. The maximum atomic E-state index is 11.0. The van der Waals surface area contributed by atoms with E-state index in [9.17, 15) is 4.79 Å².